The smallest absolute Gasteiger partial charge is 0.151 e. The average molecular weight is 246 g/mol. The monoisotopic (exact) mass is 246 g/mol. The second kappa shape index (κ2) is 6.36. The fourth-order valence-electron chi connectivity index (χ4n) is 1.48. The number of rotatable bonds is 6. The molecule has 0 fully saturated rings. The third kappa shape index (κ3) is 3.83. The summed E-state index contributed by atoms with van der Waals surface area (Å²) in [5, 5.41) is 11.7. The van der Waals surface area contributed by atoms with Crippen LogP contribution in [0.5, 0.6) is 0 Å². The van der Waals surface area contributed by atoms with E-state index in [4.69, 9.17) is 15.6 Å². The normalized spacial score (nSPS) is 12.5. The molecule has 0 amide bonds. The Hall–Kier alpha value is -1.40. The number of halogens is 2. The van der Waals surface area contributed by atoms with Gasteiger partial charge in [-0.25, -0.2) is 8.78 Å². The average Bonchev–Trinajstić information content (AvgIpc) is 2.26. The Labute approximate surface area is 98.4 Å². The van der Waals surface area contributed by atoms with Gasteiger partial charge in [-0.1, -0.05) is 0 Å². The maximum atomic E-state index is 13.2. The molecule has 1 aromatic carbocycles. The van der Waals surface area contributed by atoms with E-state index >= 15 is 0 Å². The zero-order valence-corrected chi connectivity index (χ0v) is 9.54. The molecule has 4 nitrogen and oxygen atoms in total. The number of nitrogens with one attached hydrogen (secondary N) is 1. The summed E-state index contributed by atoms with van der Waals surface area (Å²) < 4.78 is 31.1. The van der Waals surface area contributed by atoms with Gasteiger partial charge < -0.3 is 20.9 Å². The second-order valence-electron chi connectivity index (χ2n) is 3.66. The molecule has 1 unspecified atom stereocenters. The molecule has 0 heterocycles. The van der Waals surface area contributed by atoms with Crippen LogP contribution < -0.4 is 11.1 Å². The van der Waals surface area contributed by atoms with Crippen LogP contribution >= 0.6 is 0 Å². The molecule has 6 heteroatoms. The number of anilines is 2. The quantitative estimate of drug-likeness (QED) is 0.663. The van der Waals surface area contributed by atoms with E-state index in [9.17, 15) is 8.78 Å². The lowest BCUT2D eigenvalue weighted by Gasteiger charge is -2.19. The number of benzene rings is 1. The van der Waals surface area contributed by atoms with Gasteiger partial charge >= 0.3 is 0 Å². The van der Waals surface area contributed by atoms with Gasteiger partial charge in [0, 0.05) is 19.8 Å². The van der Waals surface area contributed by atoms with Crippen molar-refractivity contribution in [1.29, 1.82) is 0 Å². The van der Waals surface area contributed by atoms with E-state index in [1.165, 1.54) is 7.11 Å². The molecule has 96 valence electrons. The lowest BCUT2D eigenvalue weighted by atomic mass is 10.2. The number of methoxy groups -OCH3 is 1. The van der Waals surface area contributed by atoms with Crippen LogP contribution in [0.3, 0.4) is 0 Å². The molecule has 1 aromatic rings. The topological polar surface area (TPSA) is 67.5 Å². The van der Waals surface area contributed by atoms with Crippen molar-refractivity contribution in [2.24, 2.45) is 0 Å². The van der Waals surface area contributed by atoms with E-state index in [1.807, 2.05) is 0 Å². The molecule has 0 spiro atoms. The van der Waals surface area contributed by atoms with Crippen LogP contribution in [-0.4, -0.2) is 31.5 Å². The standard InChI is InChI=1S/C11H16F2N2O2/c1-17-6-8(2-3-16)15-10-5-7(12)4-9(13)11(10)14/h4-5,8,15-16H,2-3,6,14H2,1H3. The zero-order valence-electron chi connectivity index (χ0n) is 9.54. The number of aliphatic hydroxyl groups excluding tert-OH is 1. The minimum absolute atomic E-state index is 0.0568. The summed E-state index contributed by atoms with van der Waals surface area (Å²) in [6.07, 6.45) is 0.394. The van der Waals surface area contributed by atoms with E-state index in [0.29, 0.717) is 13.0 Å². The highest BCUT2D eigenvalue weighted by atomic mass is 19.1. The number of nitrogen functional groups attached to an aromatic ring is 1. The molecule has 0 bridgehead atoms. The highest BCUT2D eigenvalue weighted by Crippen LogP contribution is 2.24. The van der Waals surface area contributed by atoms with E-state index in [2.05, 4.69) is 5.32 Å². The van der Waals surface area contributed by atoms with Crippen LogP contribution in [0.1, 0.15) is 6.42 Å². The first kappa shape index (κ1) is 13.7. The summed E-state index contributed by atoms with van der Waals surface area (Å²) >= 11 is 0. The summed E-state index contributed by atoms with van der Waals surface area (Å²) in [6.45, 7) is 0.247. The van der Waals surface area contributed by atoms with Crippen LogP contribution in [0.2, 0.25) is 0 Å². The Bertz CT molecular complexity index is 369. The Morgan fingerprint density at radius 2 is 2.18 bits per heavy atom. The molecule has 0 aliphatic heterocycles. The fraction of sp³-hybridized carbons (Fsp3) is 0.455. The minimum atomic E-state index is -0.812. The van der Waals surface area contributed by atoms with Crippen molar-refractivity contribution in [3.05, 3.63) is 23.8 Å². The van der Waals surface area contributed by atoms with Crippen molar-refractivity contribution in [3.8, 4) is 0 Å². The summed E-state index contributed by atoms with van der Waals surface area (Å²) in [5.41, 5.74) is 5.50. The maximum absolute atomic E-state index is 13.2. The van der Waals surface area contributed by atoms with Crippen molar-refractivity contribution in [2.45, 2.75) is 12.5 Å². The Morgan fingerprint density at radius 1 is 1.47 bits per heavy atom. The molecule has 0 saturated carbocycles. The Balaban J connectivity index is 2.84. The van der Waals surface area contributed by atoms with Gasteiger partial charge in [0.15, 0.2) is 5.82 Å². The zero-order chi connectivity index (χ0) is 12.8. The number of hydrogen-bond donors (Lipinski definition) is 3. The summed E-state index contributed by atoms with van der Waals surface area (Å²) in [4.78, 5) is 0. The molecule has 0 radical (unpaired) electrons. The van der Waals surface area contributed by atoms with Gasteiger partial charge in [-0.05, 0) is 12.5 Å². The fourth-order valence-corrected chi connectivity index (χ4v) is 1.48. The van der Waals surface area contributed by atoms with E-state index < -0.39 is 11.6 Å². The van der Waals surface area contributed by atoms with E-state index in [-0.39, 0.29) is 24.0 Å². The molecule has 0 aromatic heterocycles. The molecular formula is C11H16F2N2O2. The van der Waals surface area contributed by atoms with Gasteiger partial charge in [0.1, 0.15) is 5.82 Å². The van der Waals surface area contributed by atoms with Crippen LogP contribution in [0.4, 0.5) is 20.2 Å². The van der Waals surface area contributed by atoms with Gasteiger partial charge in [-0.15, -0.1) is 0 Å². The van der Waals surface area contributed by atoms with Gasteiger partial charge in [-0.3, -0.25) is 0 Å². The predicted octanol–water partition coefficient (Wildman–Crippen LogP) is 1.36. The van der Waals surface area contributed by atoms with Crippen molar-refractivity contribution >= 4 is 11.4 Å². The molecule has 0 aliphatic rings. The lowest BCUT2D eigenvalue weighted by Crippen LogP contribution is -2.26. The van der Waals surface area contributed by atoms with Crippen LogP contribution in [-0.2, 0) is 4.74 Å². The number of nitrogens with two attached hydrogens (primary N) is 1. The largest absolute Gasteiger partial charge is 0.396 e. The first-order valence-electron chi connectivity index (χ1n) is 5.19. The molecule has 1 rings (SSSR count). The van der Waals surface area contributed by atoms with E-state index in [0.717, 1.165) is 12.1 Å². The van der Waals surface area contributed by atoms with Crippen molar-refractivity contribution in [3.63, 3.8) is 0 Å². The summed E-state index contributed by atoms with van der Waals surface area (Å²) in [5.74, 6) is -1.52. The Kier molecular flexibility index (Phi) is 5.11. The molecular weight excluding hydrogens is 230 g/mol. The SMILES string of the molecule is COCC(CCO)Nc1cc(F)cc(F)c1N. The number of ether oxygens (including phenoxy) is 1. The van der Waals surface area contributed by atoms with Crippen molar-refractivity contribution in [1.82, 2.24) is 0 Å². The molecule has 0 aliphatic carbocycles. The Morgan fingerprint density at radius 3 is 2.76 bits per heavy atom. The molecule has 0 saturated heterocycles. The first-order chi connectivity index (χ1) is 8.08. The van der Waals surface area contributed by atoms with Crippen molar-refractivity contribution in [2.75, 3.05) is 31.4 Å². The third-order valence-corrected chi connectivity index (χ3v) is 2.30. The second-order valence-corrected chi connectivity index (χ2v) is 3.66. The maximum Gasteiger partial charge on any atom is 0.151 e. The van der Waals surface area contributed by atoms with Gasteiger partial charge in [0.25, 0.3) is 0 Å². The summed E-state index contributed by atoms with van der Waals surface area (Å²) in [6, 6.07) is 1.57. The van der Waals surface area contributed by atoms with Gasteiger partial charge in [0.05, 0.1) is 24.0 Å². The van der Waals surface area contributed by atoms with Gasteiger partial charge in [0.2, 0.25) is 0 Å². The van der Waals surface area contributed by atoms with E-state index in [1.54, 1.807) is 0 Å². The summed E-state index contributed by atoms with van der Waals surface area (Å²) in [7, 11) is 1.50. The number of aliphatic hydroxyl groups is 1. The lowest BCUT2D eigenvalue weighted by molar-refractivity contribution is 0.170. The van der Waals surface area contributed by atoms with Crippen molar-refractivity contribution < 1.29 is 18.6 Å². The van der Waals surface area contributed by atoms with Crippen LogP contribution in [0.25, 0.3) is 0 Å². The van der Waals surface area contributed by atoms with Gasteiger partial charge in [-0.2, -0.15) is 0 Å². The predicted molar refractivity (Wildman–Crippen MR) is 61.8 cm³/mol. The third-order valence-electron chi connectivity index (χ3n) is 2.30. The highest BCUT2D eigenvalue weighted by Gasteiger charge is 2.13. The molecule has 4 N–H and O–H groups in total. The van der Waals surface area contributed by atoms with Crippen LogP contribution in [0.15, 0.2) is 12.1 Å². The van der Waals surface area contributed by atoms with Crippen LogP contribution in [0, 0.1) is 11.6 Å². The molecule has 1 atom stereocenters. The molecule has 17 heavy (non-hydrogen) atoms. The highest BCUT2D eigenvalue weighted by molar-refractivity contribution is 5.67. The first-order valence-corrected chi connectivity index (χ1v) is 5.19. The number of hydrogen-bond acceptors (Lipinski definition) is 4. The minimum Gasteiger partial charge on any atom is -0.396 e.